The molecule has 1 saturated heterocycles. The van der Waals surface area contributed by atoms with Crippen molar-refractivity contribution in [1.82, 2.24) is 0 Å². The first-order valence-electron chi connectivity index (χ1n) is 8.73. The number of hydrogen-bond donors (Lipinski definition) is 0. The molecule has 0 unspecified atom stereocenters. The van der Waals surface area contributed by atoms with Crippen LogP contribution in [0.3, 0.4) is 0 Å². The molecule has 3 aliphatic rings. The molecule has 0 aromatic rings. The van der Waals surface area contributed by atoms with Crippen molar-refractivity contribution in [2.75, 3.05) is 6.61 Å². The summed E-state index contributed by atoms with van der Waals surface area (Å²) in [6.45, 7) is 15.4. The van der Waals surface area contributed by atoms with Crippen LogP contribution in [-0.4, -0.2) is 26.1 Å². The number of carbonyl (C=O) groups is 1. The third kappa shape index (κ3) is 1.83. The first-order valence-corrected chi connectivity index (χ1v) is 11.8. The van der Waals surface area contributed by atoms with E-state index in [9.17, 15) is 4.79 Å². The zero-order chi connectivity index (χ0) is 15.7. The van der Waals surface area contributed by atoms with Gasteiger partial charge in [0.2, 0.25) is 0 Å². The van der Waals surface area contributed by atoms with E-state index >= 15 is 0 Å². The van der Waals surface area contributed by atoms with Gasteiger partial charge in [0.1, 0.15) is 5.78 Å². The fourth-order valence-electron chi connectivity index (χ4n) is 5.41. The molecule has 3 rings (SSSR count). The molecule has 0 radical (unpaired) electrons. The number of carbonyl (C=O) groups excluding carboxylic acids is 1. The van der Waals surface area contributed by atoms with Crippen LogP contribution >= 0.6 is 0 Å². The average molecular weight is 309 g/mol. The van der Waals surface area contributed by atoms with Crippen LogP contribution in [0.4, 0.5) is 0 Å². The molecule has 2 saturated carbocycles. The SMILES string of the molecule is CC(C)(C)[Si](C)(C)[C@H]1CO[C@@]23CCCC(=O)[C@]2(C)CC[C@@H]13. The van der Waals surface area contributed by atoms with Crippen molar-refractivity contribution in [3.63, 3.8) is 0 Å². The molecule has 0 aromatic heterocycles. The second kappa shape index (κ2) is 4.44. The second-order valence-corrected chi connectivity index (χ2v) is 15.2. The molecule has 4 atom stereocenters. The Balaban J connectivity index is 1.98. The molecule has 0 N–H and O–H groups in total. The third-order valence-electron chi connectivity index (χ3n) is 7.92. The van der Waals surface area contributed by atoms with E-state index in [2.05, 4.69) is 40.8 Å². The predicted molar refractivity (Wildman–Crippen MR) is 89.3 cm³/mol. The summed E-state index contributed by atoms with van der Waals surface area (Å²) in [7, 11) is -1.43. The van der Waals surface area contributed by atoms with Crippen molar-refractivity contribution in [3.8, 4) is 0 Å². The molecule has 0 amide bonds. The number of ketones is 1. The van der Waals surface area contributed by atoms with Crippen LogP contribution in [0.2, 0.25) is 23.7 Å². The Hall–Kier alpha value is -0.153. The van der Waals surface area contributed by atoms with Gasteiger partial charge in [-0.25, -0.2) is 0 Å². The van der Waals surface area contributed by atoms with Crippen molar-refractivity contribution in [3.05, 3.63) is 0 Å². The van der Waals surface area contributed by atoms with Crippen molar-refractivity contribution >= 4 is 13.9 Å². The lowest BCUT2D eigenvalue weighted by Gasteiger charge is -2.48. The van der Waals surface area contributed by atoms with E-state index in [0.29, 0.717) is 22.3 Å². The Bertz CT molecular complexity index is 464. The summed E-state index contributed by atoms with van der Waals surface area (Å²) < 4.78 is 6.55. The highest BCUT2D eigenvalue weighted by molar-refractivity contribution is 6.81. The van der Waals surface area contributed by atoms with Gasteiger partial charge in [0, 0.05) is 13.0 Å². The number of ether oxygens (including phenoxy) is 1. The van der Waals surface area contributed by atoms with Crippen LogP contribution in [0.25, 0.3) is 0 Å². The molecular weight excluding hydrogens is 276 g/mol. The van der Waals surface area contributed by atoms with E-state index in [0.717, 1.165) is 32.3 Å². The normalized spacial score (nSPS) is 43.8. The molecule has 3 fully saturated rings. The summed E-state index contributed by atoms with van der Waals surface area (Å²) in [4.78, 5) is 12.6. The van der Waals surface area contributed by atoms with Crippen LogP contribution in [0.15, 0.2) is 0 Å². The van der Waals surface area contributed by atoms with Gasteiger partial charge in [-0.2, -0.15) is 0 Å². The monoisotopic (exact) mass is 308 g/mol. The molecule has 3 heteroatoms. The van der Waals surface area contributed by atoms with Crippen LogP contribution < -0.4 is 0 Å². The summed E-state index contributed by atoms with van der Waals surface area (Å²) in [5, 5.41) is 0.393. The van der Waals surface area contributed by atoms with Crippen molar-refractivity contribution in [1.29, 1.82) is 0 Å². The molecular formula is C18H32O2Si. The molecule has 1 spiro atoms. The maximum Gasteiger partial charge on any atom is 0.141 e. The number of hydrogen-bond acceptors (Lipinski definition) is 2. The van der Waals surface area contributed by atoms with Gasteiger partial charge in [0.25, 0.3) is 0 Å². The minimum Gasteiger partial charge on any atom is -0.374 e. The maximum atomic E-state index is 12.6. The van der Waals surface area contributed by atoms with Gasteiger partial charge in [0.05, 0.1) is 19.1 Å². The Morgan fingerprint density at radius 1 is 1.24 bits per heavy atom. The molecule has 1 aliphatic heterocycles. The lowest BCUT2D eigenvalue weighted by Crippen LogP contribution is -2.54. The van der Waals surface area contributed by atoms with Gasteiger partial charge in [-0.3, -0.25) is 4.79 Å². The largest absolute Gasteiger partial charge is 0.374 e. The Labute approximate surface area is 131 Å². The van der Waals surface area contributed by atoms with Gasteiger partial charge >= 0.3 is 0 Å². The van der Waals surface area contributed by atoms with Gasteiger partial charge in [-0.05, 0) is 49.1 Å². The van der Waals surface area contributed by atoms with Crippen molar-refractivity contribution in [2.24, 2.45) is 11.3 Å². The third-order valence-corrected chi connectivity index (χ3v) is 14.2. The van der Waals surface area contributed by atoms with E-state index in [1.165, 1.54) is 6.42 Å². The van der Waals surface area contributed by atoms with Crippen LogP contribution in [-0.2, 0) is 9.53 Å². The Morgan fingerprint density at radius 2 is 1.90 bits per heavy atom. The van der Waals surface area contributed by atoms with Gasteiger partial charge in [-0.15, -0.1) is 0 Å². The minimum atomic E-state index is -1.43. The lowest BCUT2D eigenvalue weighted by atomic mass is 9.63. The summed E-state index contributed by atoms with van der Waals surface area (Å²) in [5.41, 5.74) is 0.417. The lowest BCUT2D eigenvalue weighted by molar-refractivity contribution is -0.156. The van der Waals surface area contributed by atoms with Crippen LogP contribution in [0.5, 0.6) is 0 Å². The highest BCUT2D eigenvalue weighted by Gasteiger charge is 2.69. The first-order chi connectivity index (χ1) is 9.56. The average Bonchev–Trinajstić information content (AvgIpc) is 2.85. The fraction of sp³-hybridized carbons (Fsp3) is 0.944. The summed E-state index contributed by atoms with van der Waals surface area (Å²) >= 11 is 0. The standard InChI is InChI=1S/C18H32O2Si/c1-16(2,3)21(5,6)14-12-20-18-10-7-8-15(19)17(18,4)11-9-13(14)18/h13-14H,7-12H2,1-6H3/t13-,14-,17-,18+/m0/s1. The van der Waals surface area contributed by atoms with E-state index < -0.39 is 8.07 Å². The van der Waals surface area contributed by atoms with Crippen molar-refractivity contribution in [2.45, 2.75) is 89.1 Å². The minimum absolute atomic E-state index is 0.109. The van der Waals surface area contributed by atoms with E-state index in [-0.39, 0.29) is 11.0 Å². The topological polar surface area (TPSA) is 26.3 Å². The quantitative estimate of drug-likeness (QED) is 0.650. The van der Waals surface area contributed by atoms with Gasteiger partial charge < -0.3 is 4.74 Å². The Morgan fingerprint density at radius 3 is 2.52 bits per heavy atom. The molecule has 1 heterocycles. The molecule has 0 bridgehead atoms. The second-order valence-electron chi connectivity index (χ2n) is 9.53. The molecule has 2 nitrogen and oxygen atoms in total. The number of Topliss-reactive ketones (excluding diaryl/α,β-unsaturated/α-hetero) is 1. The molecule has 120 valence electrons. The van der Waals surface area contributed by atoms with E-state index in [1.807, 2.05) is 0 Å². The van der Waals surface area contributed by atoms with Gasteiger partial charge in [-0.1, -0.05) is 33.9 Å². The fourth-order valence-corrected chi connectivity index (χ4v) is 8.46. The highest BCUT2D eigenvalue weighted by atomic mass is 28.3. The maximum absolute atomic E-state index is 12.6. The smallest absolute Gasteiger partial charge is 0.141 e. The highest BCUT2D eigenvalue weighted by Crippen LogP contribution is 2.67. The Kier molecular flexibility index (Phi) is 3.33. The van der Waals surface area contributed by atoms with Crippen molar-refractivity contribution < 1.29 is 9.53 Å². The molecule has 21 heavy (non-hydrogen) atoms. The van der Waals surface area contributed by atoms with Crippen LogP contribution in [0.1, 0.15) is 59.8 Å². The van der Waals surface area contributed by atoms with E-state index in [1.54, 1.807) is 0 Å². The van der Waals surface area contributed by atoms with Gasteiger partial charge in [0.15, 0.2) is 0 Å². The van der Waals surface area contributed by atoms with Crippen LogP contribution in [0, 0.1) is 11.3 Å². The zero-order valence-electron chi connectivity index (χ0n) is 14.7. The summed E-state index contributed by atoms with van der Waals surface area (Å²) in [6, 6.07) is 0. The van der Waals surface area contributed by atoms with E-state index in [4.69, 9.17) is 4.74 Å². The molecule has 0 aromatic carbocycles. The number of rotatable bonds is 1. The summed E-state index contributed by atoms with van der Waals surface area (Å²) in [5.74, 6) is 1.11. The predicted octanol–water partition coefficient (Wildman–Crippen LogP) is 4.80. The summed E-state index contributed by atoms with van der Waals surface area (Å²) in [6.07, 6.45) is 5.19. The zero-order valence-corrected chi connectivity index (χ0v) is 15.7. The first kappa shape index (κ1) is 15.7. The molecule has 2 aliphatic carbocycles.